The molecular formula is C17H21N3S. The summed E-state index contributed by atoms with van der Waals surface area (Å²) in [7, 11) is 0. The Labute approximate surface area is 131 Å². The van der Waals surface area contributed by atoms with Crippen LogP contribution in [0.15, 0.2) is 30.5 Å². The van der Waals surface area contributed by atoms with Crippen molar-refractivity contribution in [3.05, 3.63) is 52.7 Å². The lowest BCUT2D eigenvalue weighted by Gasteiger charge is -2.19. The number of thiocarbonyl (C=S) groups is 1. The van der Waals surface area contributed by atoms with E-state index in [0.717, 1.165) is 22.6 Å². The molecule has 0 aliphatic heterocycles. The Kier molecular flexibility index (Phi) is 4.58. The van der Waals surface area contributed by atoms with Gasteiger partial charge >= 0.3 is 0 Å². The summed E-state index contributed by atoms with van der Waals surface area (Å²) in [6, 6.07) is 8.22. The minimum Gasteiger partial charge on any atom is -0.389 e. The molecule has 0 spiro atoms. The van der Waals surface area contributed by atoms with Crippen molar-refractivity contribution in [1.29, 1.82) is 0 Å². The maximum absolute atomic E-state index is 5.86. The van der Waals surface area contributed by atoms with Gasteiger partial charge in [0.1, 0.15) is 10.8 Å². The zero-order chi connectivity index (χ0) is 15.6. The zero-order valence-electron chi connectivity index (χ0n) is 12.9. The van der Waals surface area contributed by atoms with Crippen molar-refractivity contribution in [1.82, 2.24) is 4.98 Å². The molecular weight excluding hydrogens is 278 g/mol. The van der Waals surface area contributed by atoms with Gasteiger partial charge in [0.15, 0.2) is 0 Å². The molecule has 0 bridgehead atoms. The average Bonchev–Trinajstić information content (AvgIpc) is 2.40. The molecule has 0 amide bonds. The molecule has 110 valence electrons. The average molecular weight is 299 g/mol. The van der Waals surface area contributed by atoms with E-state index in [2.05, 4.69) is 49.3 Å². The standard InChI is InChI=1S/C17H21N3S/c1-10(2)13-7-5-6-12(4)15(13)20-17-14(16(18)21)11(3)8-9-19-17/h5-10H,1-4H3,(H2,18,21)(H,19,20). The van der Waals surface area contributed by atoms with Crippen molar-refractivity contribution in [2.75, 3.05) is 5.32 Å². The van der Waals surface area contributed by atoms with Crippen molar-refractivity contribution in [2.24, 2.45) is 5.73 Å². The van der Waals surface area contributed by atoms with Crippen LogP contribution < -0.4 is 11.1 Å². The van der Waals surface area contributed by atoms with E-state index in [4.69, 9.17) is 18.0 Å². The smallest absolute Gasteiger partial charge is 0.140 e. The molecule has 2 aromatic rings. The normalized spacial score (nSPS) is 10.7. The Morgan fingerprint density at radius 3 is 2.52 bits per heavy atom. The first-order valence-corrected chi connectivity index (χ1v) is 7.44. The van der Waals surface area contributed by atoms with E-state index in [0.29, 0.717) is 10.9 Å². The summed E-state index contributed by atoms with van der Waals surface area (Å²) in [4.78, 5) is 4.78. The summed E-state index contributed by atoms with van der Waals surface area (Å²) in [5.41, 5.74) is 11.2. The molecule has 0 saturated heterocycles. The topological polar surface area (TPSA) is 50.9 Å². The number of nitrogens with one attached hydrogen (secondary N) is 1. The second-order valence-electron chi connectivity index (χ2n) is 5.53. The number of hydrogen-bond donors (Lipinski definition) is 2. The van der Waals surface area contributed by atoms with Crippen LogP contribution >= 0.6 is 12.2 Å². The lowest BCUT2D eigenvalue weighted by molar-refractivity contribution is 0.867. The van der Waals surface area contributed by atoms with Crippen LogP contribution in [0.4, 0.5) is 11.5 Å². The molecule has 3 nitrogen and oxygen atoms in total. The summed E-state index contributed by atoms with van der Waals surface area (Å²) in [5.74, 6) is 1.14. The quantitative estimate of drug-likeness (QED) is 0.831. The fraction of sp³-hybridized carbons (Fsp3) is 0.294. The van der Waals surface area contributed by atoms with Crippen LogP contribution in [-0.4, -0.2) is 9.97 Å². The lowest BCUT2D eigenvalue weighted by Crippen LogP contribution is -2.15. The van der Waals surface area contributed by atoms with Gasteiger partial charge in [-0.1, -0.05) is 44.3 Å². The molecule has 0 radical (unpaired) electrons. The summed E-state index contributed by atoms with van der Waals surface area (Å²) < 4.78 is 0. The predicted octanol–water partition coefficient (Wildman–Crippen LogP) is 4.20. The number of hydrogen-bond acceptors (Lipinski definition) is 3. The third-order valence-electron chi connectivity index (χ3n) is 3.58. The second-order valence-corrected chi connectivity index (χ2v) is 5.97. The van der Waals surface area contributed by atoms with Gasteiger partial charge in [-0.05, 0) is 42.5 Å². The largest absolute Gasteiger partial charge is 0.389 e. The molecule has 1 aromatic carbocycles. The van der Waals surface area contributed by atoms with Crippen LogP contribution in [-0.2, 0) is 0 Å². The number of benzene rings is 1. The van der Waals surface area contributed by atoms with Gasteiger partial charge in [0, 0.05) is 11.9 Å². The van der Waals surface area contributed by atoms with Gasteiger partial charge in [-0.25, -0.2) is 4.98 Å². The highest BCUT2D eigenvalue weighted by atomic mass is 32.1. The van der Waals surface area contributed by atoms with Gasteiger partial charge in [-0.15, -0.1) is 0 Å². The molecule has 4 heteroatoms. The number of rotatable bonds is 4. The third kappa shape index (κ3) is 3.22. The van der Waals surface area contributed by atoms with Gasteiger partial charge < -0.3 is 11.1 Å². The number of pyridine rings is 1. The Balaban J connectivity index is 2.54. The van der Waals surface area contributed by atoms with Crippen LogP contribution in [0.25, 0.3) is 0 Å². The highest BCUT2D eigenvalue weighted by Gasteiger charge is 2.14. The summed E-state index contributed by atoms with van der Waals surface area (Å²) >= 11 is 5.17. The summed E-state index contributed by atoms with van der Waals surface area (Å²) in [6.07, 6.45) is 1.77. The number of nitrogens with zero attached hydrogens (tertiary/aromatic N) is 1. The first-order valence-electron chi connectivity index (χ1n) is 7.03. The maximum Gasteiger partial charge on any atom is 0.140 e. The maximum atomic E-state index is 5.86. The van der Waals surface area contributed by atoms with E-state index in [1.165, 1.54) is 11.1 Å². The minimum atomic E-state index is 0.364. The molecule has 0 atom stereocenters. The number of para-hydroxylation sites is 1. The number of aromatic nitrogens is 1. The fourth-order valence-corrected chi connectivity index (χ4v) is 2.68. The Morgan fingerprint density at radius 2 is 1.90 bits per heavy atom. The third-order valence-corrected chi connectivity index (χ3v) is 3.78. The van der Waals surface area contributed by atoms with Crippen LogP contribution in [0.2, 0.25) is 0 Å². The molecule has 1 aromatic heterocycles. The molecule has 0 aliphatic rings. The van der Waals surface area contributed by atoms with Crippen molar-refractivity contribution < 1.29 is 0 Å². The van der Waals surface area contributed by atoms with Crippen molar-refractivity contribution in [2.45, 2.75) is 33.6 Å². The van der Waals surface area contributed by atoms with Gasteiger partial charge in [0.05, 0.1) is 5.56 Å². The summed E-state index contributed by atoms with van der Waals surface area (Å²) in [5, 5.41) is 3.43. The minimum absolute atomic E-state index is 0.364. The molecule has 1 heterocycles. The number of aryl methyl sites for hydroxylation is 2. The number of anilines is 2. The van der Waals surface area contributed by atoms with E-state index >= 15 is 0 Å². The van der Waals surface area contributed by atoms with Crippen LogP contribution in [0.3, 0.4) is 0 Å². The van der Waals surface area contributed by atoms with Gasteiger partial charge in [0.2, 0.25) is 0 Å². The highest BCUT2D eigenvalue weighted by Crippen LogP contribution is 2.31. The van der Waals surface area contributed by atoms with Crippen molar-refractivity contribution in [3.8, 4) is 0 Å². The van der Waals surface area contributed by atoms with Crippen molar-refractivity contribution in [3.63, 3.8) is 0 Å². The molecule has 2 rings (SSSR count). The van der Waals surface area contributed by atoms with Crippen LogP contribution in [0, 0.1) is 13.8 Å². The Morgan fingerprint density at radius 1 is 1.19 bits per heavy atom. The summed E-state index contributed by atoms with van der Waals surface area (Å²) in [6.45, 7) is 8.43. The van der Waals surface area contributed by atoms with Gasteiger partial charge in [-0.3, -0.25) is 0 Å². The Bertz CT molecular complexity index is 678. The number of nitrogens with two attached hydrogens (primary N) is 1. The molecule has 0 fully saturated rings. The van der Waals surface area contributed by atoms with E-state index in [-0.39, 0.29) is 0 Å². The first kappa shape index (κ1) is 15.4. The van der Waals surface area contributed by atoms with E-state index < -0.39 is 0 Å². The molecule has 0 unspecified atom stereocenters. The first-order chi connectivity index (χ1) is 9.91. The van der Waals surface area contributed by atoms with E-state index in [1.54, 1.807) is 6.20 Å². The fourth-order valence-electron chi connectivity index (χ4n) is 2.42. The highest BCUT2D eigenvalue weighted by molar-refractivity contribution is 7.80. The second kappa shape index (κ2) is 6.22. The monoisotopic (exact) mass is 299 g/mol. The van der Waals surface area contributed by atoms with E-state index in [9.17, 15) is 0 Å². The Hall–Kier alpha value is -1.94. The zero-order valence-corrected chi connectivity index (χ0v) is 13.7. The predicted molar refractivity (Wildman–Crippen MR) is 93.4 cm³/mol. The van der Waals surface area contributed by atoms with Crippen molar-refractivity contribution >= 4 is 28.7 Å². The van der Waals surface area contributed by atoms with Crippen LogP contribution in [0.1, 0.15) is 42.0 Å². The molecule has 0 saturated carbocycles. The molecule has 3 N–H and O–H groups in total. The van der Waals surface area contributed by atoms with E-state index in [1.807, 2.05) is 13.0 Å². The SMILES string of the molecule is Cc1cccc(C(C)C)c1Nc1nccc(C)c1C(N)=S. The lowest BCUT2D eigenvalue weighted by atomic mass is 9.98. The van der Waals surface area contributed by atoms with Gasteiger partial charge in [-0.2, -0.15) is 0 Å². The molecule has 0 aliphatic carbocycles. The molecule has 21 heavy (non-hydrogen) atoms. The van der Waals surface area contributed by atoms with Gasteiger partial charge in [0.25, 0.3) is 0 Å². The van der Waals surface area contributed by atoms with Crippen LogP contribution in [0.5, 0.6) is 0 Å².